The van der Waals surface area contributed by atoms with Gasteiger partial charge in [0.2, 0.25) is 17.7 Å². The van der Waals surface area contributed by atoms with Crippen LogP contribution in [0.4, 0.5) is 0 Å². The molecule has 2 aromatic rings. The molecule has 0 aliphatic rings. The molecule has 40 heavy (non-hydrogen) atoms. The molecule has 0 radical (unpaired) electrons. The molecule has 2 rings (SSSR count). The van der Waals surface area contributed by atoms with E-state index >= 15 is 0 Å². The lowest BCUT2D eigenvalue weighted by molar-refractivity contribution is -0.132. The van der Waals surface area contributed by atoms with Crippen molar-refractivity contribution in [1.82, 2.24) is 16.0 Å². The number of carbonyl (C=O) groups is 4. The van der Waals surface area contributed by atoms with Gasteiger partial charge >= 0.3 is 0 Å². The quantitative estimate of drug-likeness (QED) is 0.220. The Kier molecular flexibility index (Phi) is 13.2. The van der Waals surface area contributed by atoms with E-state index in [2.05, 4.69) is 16.0 Å². The highest BCUT2D eigenvalue weighted by atomic mass is 32.2. The fourth-order valence-electron chi connectivity index (χ4n) is 4.40. The van der Waals surface area contributed by atoms with Gasteiger partial charge in [-0.3, -0.25) is 19.2 Å². The van der Waals surface area contributed by atoms with Crippen molar-refractivity contribution in [2.75, 3.05) is 18.6 Å². The first kappa shape index (κ1) is 32.8. The molecular weight excluding hydrogens is 528 g/mol. The van der Waals surface area contributed by atoms with E-state index in [0.29, 0.717) is 18.6 Å². The maximum atomic E-state index is 13.0. The van der Waals surface area contributed by atoms with Crippen LogP contribution in [0.3, 0.4) is 0 Å². The highest BCUT2D eigenvalue weighted by Crippen LogP contribution is 2.22. The van der Waals surface area contributed by atoms with Crippen LogP contribution in [0.2, 0.25) is 0 Å². The summed E-state index contributed by atoms with van der Waals surface area (Å²) in [6.07, 6.45) is 2.84. The fraction of sp³-hybridized carbons (Fsp3) is 0.467. The van der Waals surface area contributed by atoms with Gasteiger partial charge in [0.1, 0.15) is 11.8 Å². The Morgan fingerprint density at radius 1 is 0.925 bits per heavy atom. The number of ketones is 1. The van der Waals surface area contributed by atoms with Crippen LogP contribution in [0.1, 0.15) is 42.5 Å². The molecule has 0 spiro atoms. The van der Waals surface area contributed by atoms with E-state index < -0.39 is 35.8 Å². The summed E-state index contributed by atoms with van der Waals surface area (Å²) in [5.74, 6) is -1.09. The van der Waals surface area contributed by atoms with E-state index in [9.17, 15) is 24.3 Å². The van der Waals surface area contributed by atoms with Crippen LogP contribution in [-0.2, 0) is 32.0 Å². The van der Waals surface area contributed by atoms with Crippen molar-refractivity contribution in [3.8, 4) is 5.75 Å². The first-order valence-corrected chi connectivity index (χ1v) is 14.8. The zero-order valence-electron chi connectivity index (χ0n) is 24.0. The Labute approximate surface area is 241 Å². The zero-order chi connectivity index (χ0) is 29.8. The number of nitrogens with two attached hydrogens (primary N) is 1. The van der Waals surface area contributed by atoms with Crippen LogP contribution in [-0.4, -0.2) is 65.3 Å². The highest BCUT2D eigenvalue weighted by Gasteiger charge is 2.26. The summed E-state index contributed by atoms with van der Waals surface area (Å²) in [5.41, 5.74) is 9.62. The van der Waals surface area contributed by atoms with Gasteiger partial charge < -0.3 is 26.8 Å². The molecule has 3 amide bonds. The van der Waals surface area contributed by atoms with Gasteiger partial charge in [-0.05, 0) is 79.5 Å². The predicted molar refractivity (Wildman–Crippen MR) is 159 cm³/mol. The number of nitrogens with one attached hydrogen (secondary N) is 3. The third-order valence-electron chi connectivity index (χ3n) is 6.64. The summed E-state index contributed by atoms with van der Waals surface area (Å²) in [6.45, 7) is 6.90. The number of amides is 3. The molecule has 3 atom stereocenters. The van der Waals surface area contributed by atoms with Crippen LogP contribution < -0.4 is 21.7 Å². The third kappa shape index (κ3) is 10.3. The lowest BCUT2D eigenvalue weighted by Gasteiger charge is -2.22. The second-order valence-electron chi connectivity index (χ2n) is 10.3. The van der Waals surface area contributed by atoms with Crippen molar-refractivity contribution in [1.29, 1.82) is 0 Å². The van der Waals surface area contributed by atoms with Crippen LogP contribution in [0.5, 0.6) is 5.75 Å². The summed E-state index contributed by atoms with van der Waals surface area (Å²) in [5, 5.41) is 17.8. The first-order valence-electron chi connectivity index (χ1n) is 13.4. The number of hydrogen-bond acceptors (Lipinski definition) is 7. The van der Waals surface area contributed by atoms with E-state index in [0.717, 1.165) is 22.3 Å². The predicted octanol–water partition coefficient (Wildman–Crippen LogP) is 2.19. The molecule has 6 N–H and O–H groups in total. The number of Topliss-reactive ketones (excluding diaryl/α,β-unsaturated/α-hetero) is 1. The van der Waals surface area contributed by atoms with Crippen LogP contribution in [0, 0.1) is 19.8 Å². The molecule has 0 aliphatic carbocycles. The lowest BCUT2D eigenvalue weighted by atomic mass is 9.95. The third-order valence-corrected chi connectivity index (χ3v) is 7.28. The molecule has 0 heterocycles. The minimum absolute atomic E-state index is 0.0956. The Balaban J connectivity index is 2.00. The van der Waals surface area contributed by atoms with Gasteiger partial charge in [-0.25, -0.2) is 0 Å². The van der Waals surface area contributed by atoms with E-state index in [4.69, 9.17) is 5.73 Å². The van der Waals surface area contributed by atoms with Crippen molar-refractivity contribution in [3.05, 3.63) is 64.7 Å². The molecule has 0 aliphatic heterocycles. The topological polar surface area (TPSA) is 151 Å². The Morgan fingerprint density at radius 2 is 1.55 bits per heavy atom. The lowest BCUT2D eigenvalue weighted by Crippen LogP contribution is -2.54. The van der Waals surface area contributed by atoms with Crippen LogP contribution >= 0.6 is 11.8 Å². The number of carbonyl (C=O) groups excluding carboxylic acids is 4. The van der Waals surface area contributed by atoms with Gasteiger partial charge in [0, 0.05) is 5.92 Å². The van der Waals surface area contributed by atoms with Crippen molar-refractivity contribution in [3.63, 3.8) is 0 Å². The molecule has 2 aromatic carbocycles. The SMILES string of the molecule is CSCC[C@H](NC(=O)[C@@H](N)Cc1c(C)cc(O)cc1C)C(=O)NCC(=O)NC(Cc1ccccc1)C(=O)C(C)C. The summed E-state index contributed by atoms with van der Waals surface area (Å²) < 4.78 is 0. The van der Waals surface area contributed by atoms with Gasteiger partial charge in [0.05, 0.1) is 18.6 Å². The second-order valence-corrected chi connectivity index (χ2v) is 11.3. The molecular formula is C30H42N4O5S. The number of phenolic OH excluding ortho intramolecular Hbond substituents is 1. The molecule has 0 saturated heterocycles. The standard InChI is InChI=1S/C30H42N4O5S/c1-18(2)28(37)26(15-21-9-7-6-8-10-21)33-27(36)17-32-30(39)25(11-12-40-5)34-29(38)24(31)16-23-19(3)13-22(35)14-20(23)4/h6-10,13-14,18,24-26,35H,11-12,15-17,31H2,1-5H3,(H,32,39)(H,33,36)(H,34,38)/t24-,25-,26?/m0/s1. The van der Waals surface area contributed by atoms with E-state index in [1.54, 1.807) is 26.0 Å². The number of benzene rings is 2. The number of phenols is 1. The smallest absolute Gasteiger partial charge is 0.243 e. The highest BCUT2D eigenvalue weighted by molar-refractivity contribution is 7.98. The molecule has 0 aromatic heterocycles. The summed E-state index contributed by atoms with van der Waals surface area (Å²) in [7, 11) is 0. The first-order chi connectivity index (χ1) is 18.9. The monoisotopic (exact) mass is 570 g/mol. The average Bonchev–Trinajstić information content (AvgIpc) is 2.91. The van der Waals surface area contributed by atoms with E-state index in [1.165, 1.54) is 11.8 Å². The largest absolute Gasteiger partial charge is 0.508 e. The minimum Gasteiger partial charge on any atom is -0.508 e. The maximum Gasteiger partial charge on any atom is 0.243 e. The zero-order valence-corrected chi connectivity index (χ0v) is 24.8. The van der Waals surface area contributed by atoms with Crippen molar-refractivity contribution in [2.45, 2.75) is 65.1 Å². The summed E-state index contributed by atoms with van der Waals surface area (Å²) in [6, 6.07) is 10.1. The second kappa shape index (κ2) is 16.0. The van der Waals surface area contributed by atoms with Crippen LogP contribution in [0.25, 0.3) is 0 Å². The van der Waals surface area contributed by atoms with Gasteiger partial charge in [0.15, 0.2) is 5.78 Å². The summed E-state index contributed by atoms with van der Waals surface area (Å²) in [4.78, 5) is 51.4. The summed E-state index contributed by atoms with van der Waals surface area (Å²) >= 11 is 1.53. The van der Waals surface area contributed by atoms with E-state index in [1.807, 2.05) is 50.4 Å². The molecule has 0 fully saturated rings. The molecule has 10 heteroatoms. The minimum atomic E-state index is -0.907. The molecule has 218 valence electrons. The molecule has 1 unspecified atom stereocenters. The molecule has 9 nitrogen and oxygen atoms in total. The van der Waals surface area contributed by atoms with Crippen LogP contribution in [0.15, 0.2) is 42.5 Å². The van der Waals surface area contributed by atoms with Crippen molar-refractivity contribution >= 4 is 35.3 Å². The fourth-order valence-corrected chi connectivity index (χ4v) is 4.87. The number of aromatic hydroxyl groups is 1. The van der Waals surface area contributed by atoms with Crippen molar-refractivity contribution < 1.29 is 24.3 Å². The van der Waals surface area contributed by atoms with Gasteiger partial charge in [-0.15, -0.1) is 0 Å². The Bertz CT molecular complexity index is 1150. The number of hydrogen-bond donors (Lipinski definition) is 5. The normalized spacial score (nSPS) is 13.3. The molecule has 0 bridgehead atoms. The Morgan fingerprint density at radius 3 is 2.12 bits per heavy atom. The number of rotatable bonds is 15. The number of aryl methyl sites for hydroxylation is 2. The van der Waals surface area contributed by atoms with Gasteiger partial charge in [-0.1, -0.05) is 44.2 Å². The van der Waals surface area contributed by atoms with Gasteiger partial charge in [0.25, 0.3) is 0 Å². The van der Waals surface area contributed by atoms with E-state index in [-0.39, 0.29) is 30.4 Å². The molecule has 0 saturated carbocycles. The Hall–Kier alpha value is -3.37. The number of thioether (sulfide) groups is 1. The average molecular weight is 571 g/mol. The maximum absolute atomic E-state index is 13.0. The van der Waals surface area contributed by atoms with Gasteiger partial charge in [-0.2, -0.15) is 11.8 Å². The van der Waals surface area contributed by atoms with Crippen molar-refractivity contribution in [2.24, 2.45) is 11.7 Å².